The zero-order chi connectivity index (χ0) is 22.5. The van der Waals surface area contributed by atoms with Gasteiger partial charge in [0.15, 0.2) is 0 Å². The zero-order valence-electron chi connectivity index (χ0n) is 18.3. The van der Waals surface area contributed by atoms with Crippen molar-refractivity contribution < 1.29 is 14.3 Å². The van der Waals surface area contributed by atoms with Crippen LogP contribution in [-0.4, -0.2) is 20.2 Å². The molecule has 1 heterocycles. The molecule has 0 bridgehead atoms. The molecule has 0 aliphatic heterocycles. The van der Waals surface area contributed by atoms with Crippen molar-refractivity contribution in [1.82, 2.24) is 9.13 Å². The lowest BCUT2D eigenvalue weighted by Crippen LogP contribution is -2.27. The number of rotatable bonds is 9. The van der Waals surface area contributed by atoms with Crippen molar-refractivity contribution in [2.45, 2.75) is 59.3 Å². The van der Waals surface area contributed by atoms with Crippen LogP contribution in [0.15, 0.2) is 53.3 Å². The maximum absolute atomic E-state index is 13.9. The van der Waals surface area contributed by atoms with Crippen LogP contribution in [0.5, 0.6) is 0 Å². The van der Waals surface area contributed by atoms with Gasteiger partial charge in [0.2, 0.25) is 0 Å². The summed E-state index contributed by atoms with van der Waals surface area (Å²) >= 11 is 0. The number of carboxylic acid groups (broad SMARTS) is 1. The fourth-order valence-electron chi connectivity index (χ4n) is 4.01. The van der Waals surface area contributed by atoms with Crippen LogP contribution < -0.4 is 5.69 Å². The molecule has 0 unspecified atom stereocenters. The summed E-state index contributed by atoms with van der Waals surface area (Å²) in [5.74, 6) is -0.972. The predicted molar refractivity (Wildman–Crippen MR) is 120 cm³/mol. The Morgan fingerprint density at radius 2 is 1.74 bits per heavy atom. The van der Waals surface area contributed by atoms with Crippen LogP contribution >= 0.6 is 0 Å². The van der Waals surface area contributed by atoms with Crippen LogP contribution in [0, 0.1) is 0 Å². The topological polar surface area (TPSA) is 64.2 Å². The molecule has 3 aromatic rings. The van der Waals surface area contributed by atoms with Crippen LogP contribution in [0.1, 0.15) is 67.0 Å². The Kier molecular flexibility index (Phi) is 7.10. The van der Waals surface area contributed by atoms with Gasteiger partial charge in [-0.05, 0) is 49.4 Å². The number of benzene rings is 2. The van der Waals surface area contributed by atoms with E-state index in [1.165, 1.54) is 0 Å². The van der Waals surface area contributed by atoms with E-state index in [1.54, 1.807) is 27.3 Å². The number of carboxylic acids is 1. The van der Waals surface area contributed by atoms with Gasteiger partial charge in [-0.2, -0.15) is 0 Å². The Labute approximate surface area is 181 Å². The van der Waals surface area contributed by atoms with Gasteiger partial charge in [0.1, 0.15) is 6.67 Å². The first kappa shape index (κ1) is 22.5. The molecule has 2 aromatic carbocycles. The summed E-state index contributed by atoms with van der Waals surface area (Å²) in [6.07, 6.45) is 2.51. The second-order valence-electron chi connectivity index (χ2n) is 8.01. The van der Waals surface area contributed by atoms with Crippen molar-refractivity contribution in [3.8, 4) is 11.1 Å². The number of halogens is 1. The third kappa shape index (κ3) is 4.63. The first-order valence-corrected chi connectivity index (χ1v) is 10.7. The third-order valence-electron chi connectivity index (χ3n) is 5.56. The zero-order valence-corrected chi connectivity index (χ0v) is 18.3. The van der Waals surface area contributed by atoms with Crippen molar-refractivity contribution in [1.29, 1.82) is 0 Å². The van der Waals surface area contributed by atoms with Crippen LogP contribution in [0.25, 0.3) is 11.1 Å². The summed E-state index contributed by atoms with van der Waals surface area (Å²) in [4.78, 5) is 24.6. The summed E-state index contributed by atoms with van der Waals surface area (Å²) < 4.78 is 17.1. The summed E-state index contributed by atoms with van der Waals surface area (Å²) in [7, 11) is 0. The molecule has 1 aromatic heterocycles. The van der Waals surface area contributed by atoms with Gasteiger partial charge >= 0.3 is 11.7 Å². The molecule has 0 atom stereocenters. The van der Waals surface area contributed by atoms with Crippen LogP contribution in [0.2, 0.25) is 0 Å². The number of hydrogen-bond acceptors (Lipinski definition) is 2. The standard InChI is InChI=1S/C25H29FN2O3/c1-4-5-10-22-23(15-26)28(17(2)3)25(31)27(22)16-18-11-13-19(14-12-18)20-8-6-7-9-21(20)24(29)30/h6-9,11-14,17H,4-5,10,15-16H2,1-3H3,(H,29,30). The molecule has 0 amide bonds. The fraction of sp³-hybridized carbons (Fsp3) is 0.360. The minimum Gasteiger partial charge on any atom is -0.478 e. The van der Waals surface area contributed by atoms with E-state index in [0.717, 1.165) is 29.7 Å². The summed E-state index contributed by atoms with van der Waals surface area (Å²) in [6.45, 7) is 5.55. The first-order valence-electron chi connectivity index (χ1n) is 10.7. The molecule has 6 heteroatoms. The lowest BCUT2D eigenvalue weighted by molar-refractivity contribution is 0.0697. The van der Waals surface area contributed by atoms with E-state index < -0.39 is 12.6 Å². The van der Waals surface area contributed by atoms with Crippen LogP contribution in [-0.2, 0) is 19.6 Å². The van der Waals surface area contributed by atoms with Gasteiger partial charge in [-0.25, -0.2) is 14.0 Å². The number of unbranched alkanes of at least 4 members (excludes halogenated alkanes) is 1. The Balaban J connectivity index is 1.98. The first-order chi connectivity index (χ1) is 14.9. The number of imidazole rings is 1. The monoisotopic (exact) mass is 424 g/mol. The van der Waals surface area contributed by atoms with Gasteiger partial charge < -0.3 is 5.11 Å². The maximum Gasteiger partial charge on any atom is 0.336 e. The Morgan fingerprint density at radius 3 is 2.32 bits per heavy atom. The van der Waals surface area contributed by atoms with Crippen molar-refractivity contribution in [2.24, 2.45) is 0 Å². The summed E-state index contributed by atoms with van der Waals surface area (Å²) in [6, 6.07) is 14.3. The van der Waals surface area contributed by atoms with E-state index >= 15 is 0 Å². The van der Waals surface area contributed by atoms with Gasteiger partial charge in [0.25, 0.3) is 0 Å². The van der Waals surface area contributed by atoms with E-state index in [-0.39, 0.29) is 17.3 Å². The molecular formula is C25H29FN2O3. The summed E-state index contributed by atoms with van der Waals surface area (Å²) in [5, 5.41) is 9.43. The molecule has 0 saturated heterocycles. The van der Waals surface area contributed by atoms with Crippen molar-refractivity contribution >= 4 is 5.97 Å². The van der Waals surface area contributed by atoms with Crippen LogP contribution in [0.4, 0.5) is 4.39 Å². The van der Waals surface area contributed by atoms with Crippen molar-refractivity contribution in [3.63, 3.8) is 0 Å². The molecule has 164 valence electrons. The SMILES string of the molecule is CCCCc1c(CF)n(C(C)C)c(=O)n1Cc1ccc(-c2ccccc2C(=O)O)cc1. The number of carbonyl (C=O) groups is 1. The highest BCUT2D eigenvalue weighted by atomic mass is 19.1. The Hall–Kier alpha value is -3.15. The third-order valence-corrected chi connectivity index (χ3v) is 5.56. The smallest absolute Gasteiger partial charge is 0.336 e. The molecule has 0 aliphatic rings. The molecule has 5 nitrogen and oxygen atoms in total. The number of aromatic carboxylic acids is 1. The quantitative estimate of drug-likeness (QED) is 0.496. The van der Waals surface area contributed by atoms with E-state index in [1.807, 2.05) is 44.2 Å². The Morgan fingerprint density at radius 1 is 1.06 bits per heavy atom. The molecule has 31 heavy (non-hydrogen) atoms. The molecule has 0 fully saturated rings. The minimum absolute atomic E-state index is 0.116. The number of alkyl halides is 1. The van der Waals surface area contributed by atoms with Gasteiger partial charge in [0, 0.05) is 11.7 Å². The van der Waals surface area contributed by atoms with Gasteiger partial charge in [-0.1, -0.05) is 55.8 Å². The highest BCUT2D eigenvalue weighted by molar-refractivity contribution is 5.95. The second kappa shape index (κ2) is 9.77. The average molecular weight is 425 g/mol. The molecule has 3 rings (SSSR count). The maximum atomic E-state index is 13.9. The number of nitrogens with zero attached hydrogens (tertiary/aromatic N) is 2. The van der Waals surface area contributed by atoms with E-state index in [2.05, 4.69) is 6.92 Å². The summed E-state index contributed by atoms with van der Waals surface area (Å²) in [5.41, 5.74) is 3.65. The second-order valence-corrected chi connectivity index (χ2v) is 8.01. The van der Waals surface area contributed by atoms with Gasteiger partial charge in [-0.15, -0.1) is 0 Å². The molecule has 0 radical (unpaired) electrons. The minimum atomic E-state index is -0.972. The van der Waals surface area contributed by atoms with Gasteiger partial charge in [0.05, 0.1) is 17.8 Å². The molecule has 0 saturated carbocycles. The van der Waals surface area contributed by atoms with E-state index in [9.17, 15) is 19.1 Å². The van der Waals surface area contributed by atoms with E-state index in [0.29, 0.717) is 24.2 Å². The van der Waals surface area contributed by atoms with Gasteiger partial charge in [-0.3, -0.25) is 9.13 Å². The lowest BCUT2D eigenvalue weighted by Gasteiger charge is -2.10. The number of aromatic nitrogens is 2. The normalized spacial score (nSPS) is 11.3. The van der Waals surface area contributed by atoms with Crippen molar-refractivity contribution in [2.75, 3.05) is 0 Å². The Bertz CT molecular complexity index is 1110. The molecule has 0 spiro atoms. The highest BCUT2D eigenvalue weighted by Gasteiger charge is 2.21. The lowest BCUT2D eigenvalue weighted by atomic mass is 9.99. The average Bonchev–Trinajstić information content (AvgIpc) is 3.03. The largest absolute Gasteiger partial charge is 0.478 e. The van der Waals surface area contributed by atoms with Crippen molar-refractivity contribution in [3.05, 3.63) is 81.5 Å². The van der Waals surface area contributed by atoms with Crippen LogP contribution in [0.3, 0.4) is 0 Å². The predicted octanol–water partition coefficient (Wildman–Crippen LogP) is 5.46. The van der Waals surface area contributed by atoms with E-state index in [4.69, 9.17) is 0 Å². The molecule has 1 N–H and O–H groups in total. The number of hydrogen-bond donors (Lipinski definition) is 1. The molecular weight excluding hydrogens is 395 g/mol. The molecule has 0 aliphatic carbocycles. The highest BCUT2D eigenvalue weighted by Crippen LogP contribution is 2.25. The fourth-order valence-corrected chi connectivity index (χ4v) is 4.01.